The second-order valence-electron chi connectivity index (χ2n) is 5.67. The lowest BCUT2D eigenvalue weighted by Crippen LogP contribution is -2.13. The van der Waals surface area contributed by atoms with Gasteiger partial charge in [0.25, 0.3) is 0 Å². The van der Waals surface area contributed by atoms with Gasteiger partial charge < -0.3 is 11.1 Å². The number of hydrogen-bond donors (Lipinski definition) is 2. The molecule has 0 saturated heterocycles. The topological polar surface area (TPSA) is 146 Å². The standard InChI is InChI=1S/C18H13FN8O/c19-15-9-23-18(25-13-8-24-27(10-13)6-5-21)26-16(15)12-1-2-14(17(22)28)11(7-12)3-4-20/h1-2,7-10H,3,6H2,(H2,22,28)(H,23,25,26). The van der Waals surface area contributed by atoms with Crippen LogP contribution in [0.25, 0.3) is 11.3 Å². The summed E-state index contributed by atoms with van der Waals surface area (Å²) >= 11 is 0. The Labute approximate surface area is 158 Å². The smallest absolute Gasteiger partial charge is 0.249 e. The number of benzene rings is 1. The van der Waals surface area contributed by atoms with Crippen molar-refractivity contribution in [1.82, 2.24) is 19.7 Å². The van der Waals surface area contributed by atoms with Crippen molar-refractivity contribution in [2.45, 2.75) is 13.0 Å². The molecule has 0 unspecified atom stereocenters. The van der Waals surface area contributed by atoms with E-state index in [4.69, 9.17) is 16.3 Å². The predicted octanol–water partition coefficient (Wildman–Crippen LogP) is 1.91. The Kier molecular flexibility index (Phi) is 5.23. The summed E-state index contributed by atoms with van der Waals surface area (Å²) in [6.07, 6.45) is 4.02. The van der Waals surface area contributed by atoms with Gasteiger partial charge in [-0.25, -0.2) is 14.4 Å². The van der Waals surface area contributed by atoms with Gasteiger partial charge in [-0.2, -0.15) is 15.6 Å². The van der Waals surface area contributed by atoms with E-state index in [0.29, 0.717) is 16.8 Å². The molecule has 0 spiro atoms. The van der Waals surface area contributed by atoms with Crippen molar-refractivity contribution in [2.24, 2.45) is 5.73 Å². The van der Waals surface area contributed by atoms with E-state index in [2.05, 4.69) is 20.4 Å². The molecule has 138 valence electrons. The van der Waals surface area contributed by atoms with Crippen LogP contribution in [0.1, 0.15) is 15.9 Å². The van der Waals surface area contributed by atoms with Crippen LogP contribution in [0.5, 0.6) is 0 Å². The largest absolute Gasteiger partial charge is 0.366 e. The summed E-state index contributed by atoms with van der Waals surface area (Å²) < 4.78 is 15.7. The quantitative estimate of drug-likeness (QED) is 0.668. The van der Waals surface area contributed by atoms with Crippen LogP contribution < -0.4 is 11.1 Å². The molecule has 0 atom stereocenters. The number of hydrogen-bond acceptors (Lipinski definition) is 7. The molecule has 1 aromatic carbocycles. The zero-order valence-corrected chi connectivity index (χ0v) is 14.4. The fourth-order valence-corrected chi connectivity index (χ4v) is 2.56. The number of nitrogens with two attached hydrogens (primary N) is 1. The number of primary amides is 1. The average Bonchev–Trinajstić information content (AvgIpc) is 3.10. The highest BCUT2D eigenvalue weighted by Gasteiger charge is 2.14. The summed E-state index contributed by atoms with van der Waals surface area (Å²) in [5.74, 6) is -1.22. The van der Waals surface area contributed by atoms with Crippen LogP contribution >= 0.6 is 0 Å². The first-order valence-corrected chi connectivity index (χ1v) is 8.01. The third kappa shape index (κ3) is 3.92. The number of amides is 1. The van der Waals surface area contributed by atoms with Gasteiger partial charge in [-0.15, -0.1) is 0 Å². The number of nitriles is 2. The highest BCUT2D eigenvalue weighted by Crippen LogP contribution is 2.25. The minimum Gasteiger partial charge on any atom is -0.366 e. The van der Waals surface area contributed by atoms with Gasteiger partial charge in [0.05, 0.1) is 36.6 Å². The zero-order valence-electron chi connectivity index (χ0n) is 14.4. The van der Waals surface area contributed by atoms with Crippen molar-refractivity contribution >= 4 is 17.5 Å². The van der Waals surface area contributed by atoms with Crippen molar-refractivity contribution < 1.29 is 9.18 Å². The van der Waals surface area contributed by atoms with Gasteiger partial charge in [0, 0.05) is 17.3 Å². The van der Waals surface area contributed by atoms with Gasteiger partial charge in [0.2, 0.25) is 11.9 Å². The summed E-state index contributed by atoms with van der Waals surface area (Å²) in [6, 6.07) is 8.35. The van der Waals surface area contributed by atoms with Crippen molar-refractivity contribution in [2.75, 3.05) is 5.32 Å². The van der Waals surface area contributed by atoms with Crippen LogP contribution in [0.3, 0.4) is 0 Å². The highest BCUT2D eigenvalue weighted by atomic mass is 19.1. The molecule has 0 fully saturated rings. The van der Waals surface area contributed by atoms with E-state index in [9.17, 15) is 9.18 Å². The van der Waals surface area contributed by atoms with Gasteiger partial charge in [-0.3, -0.25) is 9.48 Å². The summed E-state index contributed by atoms with van der Waals surface area (Å²) in [6.45, 7) is 0.0884. The number of aromatic nitrogens is 4. The predicted molar refractivity (Wildman–Crippen MR) is 96.4 cm³/mol. The minimum absolute atomic E-state index is 0.00266. The van der Waals surface area contributed by atoms with Gasteiger partial charge >= 0.3 is 0 Å². The van der Waals surface area contributed by atoms with E-state index in [1.165, 1.54) is 29.1 Å². The average molecular weight is 376 g/mol. The molecule has 0 aliphatic heterocycles. The Morgan fingerprint density at radius 2 is 2.11 bits per heavy atom. The lowest BCUT2D eigenvalue weighted by atomic mass is 9.99. The zero-order chi connectivity index (χ0) is 20.1. The summed E-state index contributed by atoms with van der Waals surface area (Å²) in [5.41, 5.74) is 6.80. The number of nitrogens with one attached hydrogen (secondary N) is 1. The van der Waals surface area contributed by atoms with Crippen LogP contribution in [0.15, 0.2) is 36.8 Å². The van der Waals surface area contributed by atoms with Crippen molar-refractivity contribution in [3.63, 3.8) is 0 Å². The molecule has 0 aliphatic carbocycles. The second kappa shape index (κ2) is 7.93. The van der Waals surface area contributed by atoms with Gasteiger partial charge in [0.15, 0.2) is 5.82 Å². The molecule has 0 bridgehead atoms. The molecule has 0 saturated carbocycles. The molecule has 9 nitrogen and oxygen atoms in total. The van der Waals surface area contributed by atoms with Crippen LogP contribution in [0.2, 0.25) is 0 Å². The molecule has 1 amide bonds. The SMILES string of the molecule is N#CCc1cc(-c2nc(Nc3cnn(CC#N)c3)ncc2F)ccc1C(N)=O. The number of anilines is 2. The van der Waals surface area contributed by atoms with Gasteiger partial charge in [0.1, 0.15) is 12.2 Å². The molecule has 3 N–H and O–H groups in total. The molecule has 2 aromatic heterocycles. The van der Waals surface area contributed by atoms with Crippen LogP contribution in [0.4, 0.5) is 16.0 Å². The third-order valence-electron chi connectivity index (χ3n) is 3.78. The Hall–Kier alpha value is -4.31. The normalized spacial score (nSPS) is 10.1. The highest BCUT2D eigenvalue weighted by molar-refractivity contribution is 5.95. The molecule has 3 rings (SSSR count). The summed E-state index contributed by atoms with van der Waals surface area (Å²) in [4.78, 5) is 19.6. The monoisotopic (exact) mass is 376 g/mol. The van der Waals surface area contributed by atoms with E-state index in [-0.39, 0.29) is 30.2 Å². The number of carbonyl (C=O) groups is 1. The first kappa shape index (κ1) is 18.5. The number of nitrogens with zero attached hydrogens (tertiary/aromatic N) is 6. The Balaban J connectivity index is 1.95. The van der Waals surface area contributed by atoms with Gasteiger partial charge in [-0.1, -0.05) is 6.07 Å². The molecule has 2 heterocycles. The number of carbonyl (C=O) groups excluding carboxylic acids is 1. The van der Waals surface area contributed by atoms with Crippen LogP contribution in [-0.4, -0.2) is 25.7 Å². The van der Waals surface area contributed by atoms with Crippen LogP contribution in [0, 0.1) is 28.5 Å². The summed E-state index contributed by atoms with van der Waals surface area (Å²) in [5, 5.41) is 24.5. The lowest BCUT2D eigenvalue weighted by Gasteiger charge is -2.09. The molecular formula is C18H13FN8O. The van der Waals surface area contributed by atoms with E-state index in [1.54, 1.807) is 6.20 Å². The van der Waals surface area contributed by atoms with E-state index in [0.717, 1.165) is 6.20 Å². The maximum Gasteiger partial charge on any atom is 0.249 e. The van der Waals surface area contributed by atoms with Gasteiger partial charge in [-0.05, 0) is 17.7 Å². The Bertz CT molecular complexity index is 1130. The number of halogens is 1. The fourth-order valence-electron chi connectivity index (χ4n) is 2.56. The molecule has 0 aliphatic rings. The van der Waals surface area contributed by atoms with Crippen molar-refractivity contribution in [3.8, 4) is 23.4 Å². The van der Waals surface area contributed by atoms with E-state index >= 15 is 0 Å². The van der Waals surface area contributed by atoms with Crippen molar-refractivity contribution in [1.29, 1.82) is 10.5 Å². The summed E-state index contributed by atoms with van der Waals surface area (Å²) in [7, 11) is 0. The number of rotatable bonds is 6. The minimum atomic E-state index is -0.670. The second-order valence-corrected chi connectivity index (χ2v) is 5.67. The first-order chi connectivity index (χ1) is 13.5. The molecule has 3 aromatic rings. The van der Waals surface area contributed by atoms with E-state index in [1.807, 2.05) is 12.1 Å². The maximum atomic E-state index is 14.3. The molecule has 10 heteroatoms. The lowest BCUT2D eigenvalue weighted by molar-refractivity contribution is 0.0999. The Morgan fingerprint density at radius 3 is 2.82 bits per heavy atom. The van der Waals surface area contributed by atoms with Crippen molar-refractivity contribution in [3.05, 3.63) is 53.7 Å². The Morgan fingerprint density at radius 1 is 1.29 bits per heavy atom. The van der Waals surface area contributed by atoms with Crippen LogP contribution in [-0.2, 0) is 13.0 Å². The third-order valence-corrected chi connectivity index (χ3v) is 3.78. The fraction of sp³-hybridized carbons (Fsp3) is 0.111. The molecule has 0 radical (unpaired) electrons. The van der Waals surface area contributed by atoms with E-state index < -0.39 is 11.7 Å². The first-order valence-electron chi connectivity index (χ1n) is 8.01. The molecular weight excluding hydrogens is 363 g/mol. The maximum absolute atomic E-state index is 14.3. The molecule has 28 heavy (non-hydrogen) atoms.